The summed E-state index contributed by atoms with van der Waals surface area (Å²) < 4.78 is 5.34. The summed E-state index contributed by atoms with van der Waals surface area (Å²) in [7, 11) is 0. The SMILES string of the molecule is CC[C@H](Oc1ccccc1Cl)C(=O)Cl. The maximum Gasteiger partial charge on any atom is 0.262 e. The Morgan fingerprint density at radius 3 is 2.64 bits per heavy atom. The highest BCUT2D eigenvalue weighted by atomic mass is 35.5. The number of rotatable bonds is 4. The van der Waals surface area contributed by atoms with Gasteiger partial charge in [-0.1, -0.05) is 30.7 Å². The minimum Gasteiger partial charge on any atom is -0.480 e. The third-order valence-corrected chi connectivity index (χ3v) is 2.29. The van der Waals surface area contributed by atoms with Crippen molar-refractivity contribution in [2.45, 2.75) is 19.4 Å². The van der Waals surface area contributed by atoms with Gasteiger partial charge in [0.2, 0.25) is 0 Å². The number of hydrogen-bond acceptors (Lipinski definition) is 2. The minimum atomic E-state index is -0.628. The van der Waals surface area contributed by atoms with Crippen molar-refractivity contribution in [3.05, 3.63) is 29.3 Å². The molecule has 0 bridgehead atoms. The van der Waals surface area contributed by atoms with Crippen LogP contribution in [0.3, 0.4) is 0 Å². The number of halogens is 2. The molecule has 14 heavy (non-hydrogen) atoms. The predicted molar refractivity (Wildman–Crippen MR) is 57.0 cm³/mol. The number of ether oxygens (including phenoxy) is 1. The van der Waals surface area contributed by atoms with Crippen molar-refractivity contribution in [3.8, 4) is 5.75 Å². The molecule has 4 heteroatoms. The number of carbonyl (C=O) groups excluding carboxylic acids is 1. The van der Waals surface area contributed by atoms with Crippen molar-refractivity contribution < 1.29 is 9.53 Å². The molecule has 2 nitrogen and oxygen atoms in total. The molecule has 0 radical (unpaired) electrons. The van der Waals surface area contributed by atoms with Crippen molar-refractivity contribution >= 4 is 28.4 Å². The van der Waals surface area contributed by atoms with E-state index < -0.39 is 11.3 Å². The molecule has 1 aromatic carbocycles. The van der Waals surface area contributed by atoms with Crippen LogP contribution in [0.5, 0.6) is 5.75 Å². The van der Waals surface area contributed by atoms with E-state index in [0.29, 0.717) is 17.2 Å². The van der Waals surface area contributed by atoms with Crippen LogP contribution in [0, 0.1) is 0 Å². The lowest BCUT2D eigenvalue weighted by atomic mass is 10.3. The molecule has 0 spiro atoms. The van der Waals surface area contributed by atoms with Crippen molar-refractivity contribution in [1.82, 2.24) is 0 Å². The zero-order valence-corrected chi connectivity index (χ0v) is 9.18. The lowest BCUT2D eigenvalue weighted by molar-refractivity contribution is -0.117. The zero-order chi connectivity index (χ0) is 10.6. The fourth-order valence-corrected chi connectivity index (χ4v) is 1.36. The van der Waals surface area contributed by atoms with Gasteiger partial charge < -0.3 is 4.74 Å². The molecule has 76 valence electrons. The van der Waals surface area contributed by atoms with Crippen molar-refractivity contribution in [1.29, 1.82) is 0 Å². The first-order valence-electron chi connectivity index (χ1n) is 4.25. The Morgan fingerprint density at radius 1 is 1.50 bits per heavy atom. The van der Waals surface area contributed by atoms with Crippen molar-refractivity contribution in [3.63, 3.8) is 0 Å². The van der Waals surface area contributed by atoms with Gasteiger partial charge in [0.1, 0.15) is 5.75 Å². The minimum absolute atomic E-state index is 0.476. The second-order valence-electron chi connectivity index (χ2n) is 2.75. The molecule has 0 saturated carbocycles. The van der Waals surface area contributed by atoms with Crippen LogP contribution >= 0.6 is 23.2 Å². The molecule has 0 aliphatic rings. The fourth-order valence-electron chi connectivity index (χ4n) is 0.984. The Morgan fingerprint density at radius 2 is 2.14 bits per heavy atom. The largest absolute Gasteiger partial charge is 0.480 e. The highest BCUT2D eigenvalue weighted by molar-refractivity contribution is 6.64. The summed E-state index contributed by atoms with van der Waals surface area (Å²) in [6, 6.07) is 6.97. The van der Waals surface area contributed by atoms with Gasteiger partial charge in [-0.25, -0.2) is 0 Å². The number of carbonyl (C=O) groups is 1. The molecular formula is C10H10Cl2O2. The molecule has 0 aliphatic carbocycles. The third kappa shape index (κ3) is 2.89. The number of para-hydroxylation sites is 1. The summed E-state index contributed by atoms with van der Waals surface area (Å²) in [4.78, 5) is 10.9. The molecule has 0 fully saturated rings. The van der Waals surface area contributed by atoms with E-state index in [-0.39, 0.29) is 0 Å². The maximum absolute atomic E-state index is 10.9. The van der Waals surface area contributed by atoms with Gasteiger partial charge in [0.25, 0.3) is 5.24 Å². The third-order valence-electron chi connectivity index (χ3n) is 1.73. The molecular weight excluding hydrogens is 223 g/mol. The van der Waals surface area contributed by atoms with Crippen LogP contribution in [0.15, 0.2) is 24.3 Å². The van der Waals surface area contributed by atoms with Crippen LogP contribution in [0.4, 0.5) is 0 Å². The maximum atomic E-state index is 10.9. The molecule has 1 aromatic rings. The van der Waals surface area contributed by atoms with E-state index in [0.717, 1.165) is 0 Å². The second kappa shape index (κ2) is 5.23. The molecule has 0 aliphatic heterocycles. The van der Waals surface area contributed by atoms with Gasteiger partial charge in [-0.3, -0.25) is 4.79 Å². The first kappa shape index (κ1) is 11.3. The molecule has 0 amide bonds. The van der Waals surface area contributed by atoms with E-state index in [4.69, 9.17) is 27.9 Å². The number of benzene rings is 1. The lowest BCUT2D eigenvalue weighted by Gasteiger charge is -2.13. The first-order chi connectivity index (χ1) is 6.65. The van der Waals surface area contributed by atoms with Crippen molar-refractivity contribution in [2.24, 2.45) is 0 Å². The van der Waals surface area contributed by atoms with Gasteiger partial charge >= 0.3 is 0 Å². The smallest absolute Gasteiger partial charge is 0.262 e. The summed E-state index contributed by atoms with van der Waals surface area (Å²) in [5.74, 6) is 0.481. The van der Waals surface area contributed by atoms with E-state index in [1.54, 1.807) is 24.3 Å². The molecule has 0 saturated heterocycles. The predicted octanol–water partition coefficient (Wildman–Crippen LogP) is 3.26. The monoisotopic (exact) mass is 232 g/mol. The fraction of sp³-hybridized carbons (Fsp3) is 0.300. The van der Waals surface area contributed by atoms with Gasteiger partial charge in [0.05, 0.1) is 5.02 Å². The second-order valence-corrected chi connectivity index (χ2v) is 3.53. The summed E-state index contributed by atoms with van der Waals surface area (Å²) in [6.07, 6.45) is -0.107. The Kier molecular flexibility index (Phi) is 4.23. The molecule has 0 unspecified atom stereocenters. The van der Waals surface area contributed by atoms with Crippen LogP contribution in [0.1, 0.15) is 13.3 Å². The van der Waals surface area contributed by atoms with E-state index in [2.05, 4.69) is 0 Å². The van der Waals surface area contributed by atoms with E-state index in [1.165, 1.54) is 0 Å². The molecule has 0 N–H and O–H groups in total. The van der Waals surface area contributed by atoms with E-state index in [9.17, 15) is 4.79 Å². The zero-order valence-electron chi connectivity index (χ0n) is 7.67. The average molecular weight is 233 g/mol. The van der Waals surface area contributed by atoms with Crippen LogP contribution in [0.2, 0.25) is 5.02 Å². The molecule has 0 heterocycles. The summed E-state index contributed by atoms with van der Waals surface area (Å²) in [6.45, 7) is 1.82. The Balaban J connectivity index is 2.77. The van der Waals surface area contributed by atoms with E-state index in [1.807, 2.05) is 6.92 Å². The Labute approximate surface area is 92.8 Å². The summed E-state index contributed by atoms with van der Waals surface area (Å²) >= 11 is 11.2. The quantitative estimate of drug-likeness (QED) is 0.746. The van der Waals surface area contributed by atoms with Crippen LogP contribution in [-0.4, -0.2) is 11.3 Å². The summed E-state index contributed by atoms with van der Waals surface area (Å²) in [5, 5.41) is -0.0312. The average Bonchev–Trinajstić information content (AvgIpc) is 2.16. The van der Waals surface area contributed by atoms with Gasteiger partial charge in [-0.2, -0.15) is 0 Å². The van der Waals surface area contributed by atoms with Gasteiger partial charge in [-0.05, 0) is 30.2 Å². The topological polar surface area (TPSA) is 26.3 Å². The highest BCUT2D eigenvalue weighted by Gasteiger charge is 2.16. The van der Waals surface area contributed by atoms with Gasteiger partial charge in [0, 0.05) is 0 Å². The first-order valence-corrected chi connectivity index (χ1v) is 5.01. The standard InChI is InChI=1S/C10H10Cl2O2/c1-2-8(10(12)13)14-9-6-4-3-5-7(9)11/h3-6,8H,2H2,1H3/t8-/m0/s1. The molecule has 0 aromatic heterocycles. The Bertz CT molecular complexity index is 326. The number of hydrogen-bond donors (Lipinski definition) is 0. The van der Waals surface area contributed by atoms with Crippen LogP contribution in [-0.2, 0) is 4.79 Å². The molecule has 1 rings (SSSR count). The van der Waals surface area contributed by atoms with Gasteiger partial charge in [-0.15, -0.1) is 0 Å². The van der Waals surface area contributed by atoms with Crippen molar-refractivity contribution in [2.75, 3.05) is 0 Å². The lowest BCUT2D eigenvalue weighted by Crippen LogP contribution is -2.22. The normalized spacial score (nSPS) is 12.2. The highest BCUT2D eigenvalue weighted by Crippen LogP contribution is 2.25. The van der Waals surface area contributed by atoms with E-state index >= 15 is 0 Å². The molecule has 1 atom stereocenters. The van der Waals surface area contributed by atoms with Crippen LogP contribution in [0.25, 0.3) is 0 Å². The van der Waals surface area contributed by atoms with Gasteiger partial charge in [0.15, 0.2) is 6.10 Å². The van der Waals surface area contributed by atoms with Crippen LogP contribution < -0.4 is 4.74 Å². The Hall–Kier alpha value is -0.730. The summed E-state index contributed by atoms with van der Waals surface area (Å²) in [5.41, 5.74) is 0.